The van der Waals surface area contributed by atoms with Crippen LogP contribution in [0.4, 0.5) is 0 Å². The standard InChI is InChI=1S/C15H28O2Si3/c1-18-15(17-20(5,6)7)14(16-19(2,3)4)13-11-9-8-10-12-13/h8-12H,18H2,1-7H3. The summed E-state index contributed by atoms with van der Waals surface area (Å²) in [6.07, 6.45) is 0. The molecule has 0 bridgehead atoms. The highest BCUT2D eigenvalue weighted by atomic mass is 28.4. The molecule has 0 atom stereocenters. The van der Waals surface area contributed by atoms with Crippen molar-refractivity contribution in [3.05, 3.63) is 41.3 Å². The Morgan fingerprint density at radius 1 is 0.850 bits per heavy atom. The van der Waals surface area contributed by atoms with Crippen LogP contribution in [0.5, 0.6) is 0 Å². The van der Waals surface area contributed by atoms with Crippen LogP contribution in [0.15, 0.2) is 35.7 Å². The van der Waals surface area contributed by atoms with Crippen molar-refractivity contribution in [2.24, 2.45) is 0 Å². The minimum atomic E-state index is -1.66. The molecular weight excluding hydrogens is 296 g/mol. The molecule has 1 aromatic carbocycles. The molecule has 112 valence electrons. The highest BCUT2D eigenvalue weighted by Crippen LogP contribution is 2.26. The van der Waals surface area contributed by atoms with E-state index in [1.54, 1.807) is 0 Å². The average molecular weight is 325 g/mol. The first kappa shape index (κ1) is 17.3. The van der Waals surface area contributed by atoms with E-state index in [0.29, 0.717) is 0 Å². The molecule has 2 nitrogen and oxygen atoms in total. The number of hydrogen-bond acceptors (Lipinski definition) is 2. The summed E-state index contributed by atoms with van der Waals surface area (Å²) < 4.78 is 12.7. The minimum Gasteiger partial charge on any atom is -0.549 e. The summed E-state index contributed by atoms with van der Waals surface area (Å²) >= 11 is 0. The first-order valence-corrected chi connectivity index (χ1v) is 16.2. The molecule has 1 rings (SSSR count). The number of benzene rings is 1. The Balaban J connectivity index is 3.27. The van der Waals surface area contributed by atoms with E-state index in [0.717, 1.165) is 16.7 Å². The number of hydrogen-bond donors (Lipinski definition) is 0. The third-order valence-electron chi connectivity index (χ3n) is 2.45. The molecule has 0 radical (unpaired) electrons. The van der Waals surface area contributed by atoms with Crippen LogP contribution in [-0.4, -0.2) is 26.2 Å². The van der Waals surface area contributed by atoms with Gasteiger partial charge >= 0.3 is 0 Å². The molecule has 0 heterocycles. The summed E-state index contributed by atoms with van der Waals surface area (Å²) in [5.41, 5.74) is 1.15. The van der Waals surface area contributed by atoms with Crippen molar-refractivity contribution in [3.8, 4) is 0 Å². The lowest BCUT2D eigenvalue weighted by Crippen LogP contribution is -2.30. The van der Waals surface area contributed by atoms with Crippen LogP contribution in [0.1, 0.15) is 5.56 Å². The fourth-order valence-electron chi connectivity index (χ4n) is 1.82. The summed E-state index contributed by atoms with van der Waals surface area (Å²) in [4.78, 5) is 0. The van der Waals surface area contributed by atoms with Crippen molar-refractivity contribution >= 4 is 31.9 Å². The van der Waals surface area contributed by atoms with Gasteiger partial charge in [0.05, 0.1) is 14.9 Å². The minimum absolute atomic E-state index is 0.423. The van der Waals surface area contributed by atoms with Crippen LogP contribution < -0.4 is 0 Å². The molecule has 0 spiro atoms. The predicted molar refractivity (Wildman–Crippen MR) is 96.6 cm³/mol. The van der Waals surface area contributed by atoms with Gasteiger partial charge in [-0.05, 0) is 39.3 Å². The Morgan fingerprint density at radius 3 is 1.75 bits per heavy atom. The van der Waals surface area contributed by atoms with E-state index in [9.17, 15) is 0 Å². The van der Waals surface area contributed by atoms with Crippen molar-refractivity contribution < 1.29 is 8.85 Å². The molecule has 0 aliphatic carbocycles. The van der Waals surface area contributed by atoms with E-state index < -0.39 is 26.2 Å². The van der Waals surface area contributed by atoms with Crippen molar-refractivity contribution in [2.75, 3.05) is 0 Å². The smallest absolute Gasteiger partial charge is 0.242 e. The number of rotatable bonds is 6. The molecule has 0 amide bonds. The highest BCUT2D eigenvalue weighted by Gasteiger charge is 2.24. The second-order valence-electron chi connectivity index (χ2n) is 6.90. The van der Waals surface area contributed by atoms with Gasteiger partial charge in [0.2, 0.25) is 16.6 Å². The fraction of sp³-hybridized carbons (Fsp3) is 0.467. The van der Waals surface area contributed by atoms with Crippen molar-refractivity contribution in [1.29, 1.82) is 0 Å². The Labute approximate surface area is 128 Å². The second-order valence-corrected chi connectivity index (χ2v) is 17.1. The topological polar surface area (TPSA) is 18.5 Å². The lowest BCUT2D eigenvalue weighted by atomic mass is 10.2. The van der Waals surface area contributed by atoms with Crippen LogP contribution in [0, 0.1) is 0 Å². The quantitative estimate of drug-likeness (QED) is 0.576. The molecule has 0 aliphatic rings. The Morgan fingerprint density at radius 2 is 1.35 bits per heavy atom. The molecule has 0 unspecified atom stereocenters. The van der Waals surface area contributed by atoms with Crippen molar-refractivity contribution in [3.63, 3.8) is 0 Å². The van der Waals surface area contributed by atoms with Gasteiger partial charge in [0.1, 0.15) is 5.76 Å². The van der Waals surface area contributed by atoms with Crippen LogP contribution in [0.3, 0.4) is 0 Å². The summed E-state index contributed by atoms with van der Waals surface area (Å²) in [5.74, 6) is 1.00. The van der Waals surface area contributed by atoms with E-state index in [1.165, 1.54) is 0 Å². The molecule has 0 saturated heterocycles. The van der Waals surface area contributed by atoms with Gasteiger partial charge in [-0.1, -0.05) is 36.9 Å². The van der Waals surface area contributed by atoms with Gasteiger partial charge in [0.25, 0.3) is 0 Å². The summed E-state index contributed by atoms with van der Waals surface area (Å²) in [5, 5.41) is 1.14. The van der Waals surface area contributed by atoms with E-state index in [-0.39, 0.29) is 0 Å². The molecule has 0 N–H and O–H groups in total. The first-order chi connectivity index (χ1) is 9.12. The zero-order valence-electron chi connectivity index (χ0n) is 13.9. The van der Waals surface area contributed by atoms with Crippen molar-refractivity contribution in [2.45, 2.75) is 45.8 Å². The van der Waals surface area contributed by atoms with Gasteiger partial charge in [-0.3, -0.25) is 0 Å². The summed E-state index contributed by atoms with van der Waals surface area (Å²) in [7, 11) is -3.68. The largest absolute Gasteiger partial charge is 0.549 e. The lowest BCUT2D eigenvalue weighted by molar-refractivity contribution is 0.423. The van der Waals surface area contributed by atoms with Gasteiger partial charge in [-0.2, -0.15) is 0 Å². The zero-order valence-corrected chi connectivity index (χ0v) is 17.3. The summed E-state index contributed by atoms with van der Waals surface area (Å²) in [6.45, 7) is 15.6. The molecular formula is C15H28O2Si3. The molecule has 0 aromatic heterocycles. The monoisotopic (exact) mass is 324 g/mol. The van der Waals surface area contributed by atoms with E-state index in [4.69, 9.17) is 8.85 Å². The fourth-order valence-corrected chi connectivity index (χ4v) is 6.12. The molecule has 0 saturated carbocycles. The first-order valence-electron chi connectivity index (χ1n) is 7.29. The van der Waals surface area contributed by atoms with Crippen LogP contribution in [0.2, 0.25) is 45.8 Å². The lowest BCUT2D eigenvalue weighted by Gasteiger charge is -2.28. The van der Waals surface area contributed by atoms with E-state index in [2.05, 4.69) is 70.1 Å². The van der Waals surface area contributed by atoms with Gasteiger partial charge < -0.3 is 8.85 Å². The maximum absolute atomic E-state index is 6.37. The van der Waals surface area contributed by atoms with Gasteiger partial charge in [0.15, 0.2) is 0 Å². The van der Waals surface area contributed by atoms with Gasteiger partial charge in [-0.15, -0.1) is 0 Å². The molecule has 5 heteroatoms. The van der Waals surface area contributed by atoms with Crippen LogP contribution >= 0.6 is 0 Å². The summed E-state index contributed by atoms with van der Waals surface area (Å²) in [6, 6.07) is 10.4. The second kappa shape index (κ2) is 6.78. The average Bonchev–Trinajstić information content (AvgIpc) is 2.32. The normalized spacial score (nSPS) is 14.3. The zero-order chi connectivity index (χ0) is 15.4. The molecule has 0 aliphatic heterocycles. The molecule has 20 heavy (non-hydrogen) atoms. The Hall–Kier alpha value is -0.789. The van der Waals surface area contributed by atoms with Crippen LogP contribution in [-0.2, 0) is 8.85 Å². The Kier molecular flexibility index (Phi) is 5.85. The highest BCUT2D eigenvalue weighted by molar-refractivity contribution is 6.72. The van der Waals surface area contributed by atoms with Crippen molar-refractivity contribution in [1.82, 2.24) is 0 Å². The SMILES string of the molecule is C[SiH2]C(O[Si](C)(C)C)=C(O[Si](C)(C)C)c1ccccc1. The predicted octanol–water partition coefficient (Wildman–Crippen LogP) is 4.23. The van der Waals surface area contributed by atoms with Crippen LogP contribution in [0.25, 0.3) is 5.76 Å². The molecule has 1 aromatic rings. The van der Waals surface area contributed by atoms with Gasteiger partial charge in [-0.25, -0.2) is 0 Å². The Bertz CT molecular complexity index is 456. The van der Waals surface area contributed by atoms with E-state index in [1.807, 2.05) is 6.07 Å². The third-order valence-corrected chi connectivity index (χ3v) is 5.52. The maximum atomic E-state index is 6.37. The third kappa shape index (κ3) is 6.11. The molecule has 0 fully saturated rings. The van der Waals surface area contributed by atoms with E-state index >= 15 is 0 Å². The van der Waals surface area contributed by atoms with Gasteiger partial charge in [0, 0.05) is 5.56 Å². The maximum Gasteiger partial charge on any atom is 0.242 e.